The topological polar surface area (TPSA) is 61.9 Å². The predicted molar refractivity (Wildman–Crippen MR) is 109 cm³/mol. The van der Waals surface area contributed by atoms with E-state index >= 15 is 0 Å². The Morgan fingerprint density at radius 3 is 2.68 bits per heavy atom. The van der Waals surface area contributed by atoms with Gasteiger partial charge < -0.3 is 15.0 Å². The van der Waals surface area contributed by atoms with Crippen LogP contribution in [-0.2, 0) is 9.59 Å². The van der Waals surface area contributed by atoms with E-state index in [1.54, 1.807) is 0 Å². The molecule has 0 aliphatic carbocycles. The molecule has 0 aromatic heterocycles. The minimum absolute atomic E-state index is 0.0158. The standard InChI is InChI=1S/C22H33N3O3/c1-16(2)15-25-12-9-23-22(27)20(25)14-21(26)24-10-7-18(8-11-24)28-19-6-4-5-17(3)13-19/h4-6,13,16,18,20H,7-12,14-15H2,1-3H3,(H,23,27)/t20-/m0/s1. The van der Waals surface area contributed by atoms with Crippen molar-refractivity contribution in [2.75, 3.05) is 32.7 Å². The number of carbonyl (C=O) groups is 2. The fourth-order valence-electron chi connectivity index (χ4n) is 4.07. The second-order valence-electron chi connectivity index (χ2n) is 8.41. The average Bonchev–Trinajstić information content (AvgIpc) is 2.64. The maximum Gasteiger partial charge on any atom is 0.237 e. The van der Waals surface area contributed by atoms with Gasteiger partial charge in [-0.1, -0.05) is 26.0 Å². The molecular weight excluding hydrogens is 354 g/mol. The summed E-state index contributed by atoms with van der Waals surface area (Å²) in [6.45, 7) is 10.0. The summed E-state index contributed by atoms with van der Waals surface area (Å²) in [7, 11) is 0. The van der Waals surface area contributed by atoms with Gasteiger partial charge in [-0.2, -0.15) is 0 Å². The first-order valence-electron chi connectivity index (χ1n) is 10.4. The third kappa shape index (κ3) is 5.47. The minimum Gasteiger partial charge on any atom is -0.490 e. The fourth-order valence-corrected chi connectivity index (χ4v) is 4.07. The Balaban J connectivity index is 1.50. The highest BCUT2D eigenvalue weighted by Crippen LogP contribution is 2.21. The first-order valence-corrected chi connectivity index (χ1v) is 10.4. The van der Waals surface area contributed by atoms with Crippen LogP contribution in [-0.4, -0.2) is 66.5 Å². The summed E-state index contributed by atoms with van der Waals surface area (Å²) >= 11 is 0. The highest BCUT2D eigenvalue weighted by atomic mass is 16.5. The van der Waals surface area contributed by atoms with Gasteiger partial charge in [0.05, 0.1) is 12.5 Å². The monoisotopic (exact) mass is 387 g/mol. The smallest absolute Gasteiger partial charge is 0.237 e. The molecular formula is C22H33N3O3. The van der Waals surface area contributed by atoms with Crippen molar-refractivity contribution in [3.63, 3.8) is 0 Å². The molecule has 0 bridgehead atoms. The maximum atomic E-state index is 12.8. The van der Waals surface area contributed by atoms with Crippen molar-refractivity contribution in [1.82, 2.24) is 15.1 Å². The van der Waals surface area contributed by atoms with E-state index in [1.165, 1.54) is 5.56 Å². The largest absolute Gasteiger partial charge is 0.490 e. The Labute approximate surface area is 168 Å². The molecule has 1 aromatic carbocycles. The summed E-state index contributed by atoms with van der Waals surface area (Å²) in [5, 5.41) is 2.91. The molecule has 3 rings (SSSR count). The van der Waals surface area contributed by atoms with Gasteiger partial charge in [-0.05, 0) is 30.5 Å². The molecule has 1 atom stereocenters. The third-order valence-electron chi connectivity index (χ3n) is 5.50. The van der Waals surface area contributed by atoms with Crippen molar-refractivity contribution in [1.29, 1.82) is 0 Å². The van der Waals surface area contributed by atoms with E-state index in [0.29, 0.717) is 25.6 Å². The van der Waals surface area contributed by atoms with Crippen LogP contribution in [0.15, 0.2) is 24.3 Å². The van der Waals surface area contributed by atoms with Gasteiger partial charge in [-0.25, -0.2) is 0 Å². The number of piperazine rings is 1. The van der Waals surface area contributed by atoms with Gasteiger partial charge in [0.2, 0.25) is 11.8 Å². The summed E-state index contributed by atoms with van der Waals surface area (Å²) < 4.78 is 6.08. The van der Waals surface area contributed by atoms with Crippen molar-refractivity contribution in [3.8, 4) is 5.75 Å². The van der Waals surface area contributed by atoms with Crippen molar-refractivity contribution >= 4 is 11.8 Å². The molecule has 1 N–H and O–H groups in total. The minimum atomic E-state index is -0.343. The zero-order chi connectivity index (χ0) is 20.1. The first kappa shape index (κ1) is 20.6. The molecule has 2 amide bonds. The van der Waals surface area contributed by atoms with Crippen LogP contribution in [0, 0.1) is 12.8 Å². The summed E-state index contributed by atoms with van der Waals surface area (Å²) in [5.74, 6) is 1.42. The summed E-state index contributed by atoms with van der Waals surface area (Å²) in [4.78, 5) is 29.2. The van der Waals surface area contributed by atoms with Gasteiger partial charge >= 0.3 is 0 Å². The van der Waals surface area contributed by atoms with E-state index < -0.39 is 0 Å². The lowest BCUT2D eigenvalue weighted by Gasteiger charge is -2.38. The number of likely N-dealkylation sites (tertiary alicyclic amines) is 1. The fraction of sp³-hybridized carbons (Fsp3) is 0.636. The van der Waals surface area contributed by atoms with Crippen LogP contribution in [0.25, 0.3) is 0 Å². The number of hydrogen-bond donors (Lipinski definition) is 1. The highest BCUT2D eigenvalue weighted by Gasteiger charge is 2.34. The lowest BCUT2D eigenvalue weighted by molar-refractivity contribution is -0.140. The lowest BCUT2D eigenvalue weighted by atomic mass is 10.0. The first-order chi connectivity index (χ1) is 13.4. The highest BCUT2D eigenvalue weighted by molar-refractivity contribution is 5.88. The summed E-state index contributed by atoms with van der Waals surface area (Å²) in [6, 6.07) is 7.74. The zero-order valence-corrected chi connectivity index (χ0v) is 17.3. The molecule has 2 aliphatic rings. The molecule has 6 nitrogen and oxygen atoms in total. The van der Waals surface area contributed by atoms with Crippen LogP contribution in [0.3, 0.4) is 0 Å². The molecule has 2 saturated heterocycles. The molecule has 0 saturated carbocycles. The van der Waals surface area contributed by atoms with E-state index in [0.717, 1.165) is 31.7 Å². The molecule has 0 radical (unpaired) electrons. The molecule has 1 aromatic rings. The number of nitrogens with zero attached hydrogens (tertiary/aromatic N) is 2. The summed E-state index contributed by atoms with van der Waals surface area (Å²) in [6.07, 6.45) is 2.06. The Kier molecular flexibility index (Phi) is 6.94. The molecule has 0 spiro atoms. The Morgan fingerprint density at radius 1 is 1.25 bits per heavy atom. The van der Waals surface area contributed by atoms with Crippen LogP contribution in [0.1, 0.15) is 38.7 Å². The normalized spacial score (nSPS) is 21.6. The van der Waals surface area contributed by atoms with Gasteiger partial charge in [0.1, 0.15) is 11.9 Å². The number of amides is 2. The molecule has 28 heavy (non-hydrogen) atoms. The number of carbonyl (C=O) groups excluding carboxylic acids is 2. The van der Waals surface area contributed by atoms with Crippen LogP contribution in [0.4, 0.5) is 0 Å². The molecule has 2 heterocycles. The number of ether oxygens (including phenoxy) is 1. The Morgan fingerprint density at radius 2 is 2.00 bits per heavy atom. The quantitative estimate of drug-likeness (QED) is 0.813. The van der Waals surface area contributed by atoms with Gasteiger partial charge in [-0.3, -0.25) is 14.5 Å². The zero-order valence-electron chi connectivity index (χ0n) is 17.3. The molecule has 2 aliphatic heterocycles. The van der Waals surface area contributed by atoms with E-state index in [9.17, 15) is 9.59 Å². The number of piperidine rings is 1. The van der Waals surface area contributed by atoms with E-state index in [-0.39, 0.29) is 30.4 Å². The average molecular weight is 388 g/mol. The van der Waals surface area contributed by atoms with E-state index in [1.807, 2.05) is 23.1 Å². The van der Waals surface area contributed by atoms with Gasteiger partial charge in [-0.15, -0.1) is 0 Å². The van der Waals surface area contributed by atoms with Gasteiger partial charge in [0, 0.05) is 45.6 Å². The van der Waals surface area contributed by atoms with E-state index in [2.05, 4.69) is 37.1 Å². The van der Waals surface area contributed by atoms with Crippen LogP contribution in [0.2, 0.25) is 0 Å². The van der Waals surface area contributed by atoms with Crippen molar-refractivity contribution in [2.45, 2.75) is 52.2 Å². The Hall–Kier alpha value is -2.08. The van der Waals surface area contributed by atoms with Crippen molar-refractivity contribution in [2.24, 2.45) is 5.92 Å². The second-order valence-corrected chi connectivity index (χ2v) is 8.41. The van der Waals surface area contributed by atoms with Crippen molar-refractivity contribution in [3.05, 3.63) is 29.8 Å². The SMILES string of the molecule is Cc1cccc(OC2CCN(C(=O)C[C@H]3C(=O)NCCN3CC(C)C)CC2)c1. The number of aryl methyl sites for hydroxylation is 1. The molecule has 6 heteroatoms. The summed E-state index contributed by atoms with van der Waals surface area (Å²) in [5.41, 5.74) is 1.18. The maximum absolute atomic E-state index is 12.8. The third-order valence-corrected chi connectivity index (χ3v) is 5.50. The number of benzene rings is 1. The van der Waals surface area contributed by atoms with Gasteiger partial charge in [0.25, 0.3) is 0 Å². The predicted octanol–water partition coefficient (Wildman–Crippen LogP) is 2.21. The van der Waals surface area contributed by atoms with Crippen LogP contribution >= 0.6 is 0 Å². The molecule has 2 fully saturated rings. The lowest BCUT2D eigenvalue weighted by Crippen LogP contribution is -2.57. The van der Waals surface area contributed by atoms with E-state index in [4.69, 9.17) is 4.74 Å². The van der Waals surface area contributed by atoms with Gasteiger partial charge in [0.15, 0.2) is 0 Å². The number of rotatable bonds is 6. The Bertz CT molecular complexity index is 683. The van der Waals surface area contributed by atoms with Crippen molar-refractivity contribution < 1.29 is 14.3 Å². The molecule has 154 valence electrons. The second kappa shape index (κ2) is 9.41. The molecule has 0 unspecified atom stereocenters. The van der Waals surface area contributed by atoms with Crippen LogP contribution < -0.4 is 10.1 Å². The number of nitrogens with one attached hydrogen (secondary N) is 1. The van der Waals surface area contributed by atoms with Crippen LogP contribution in [0.5, 0.6) is 5.75 Å². The number of hydrogen-bond acceptors (Lipinski definition) is 4.